The van der Waals surface area contributed by atoms with Crippen molar-refractivity contribution in [3.05, 3.63) is 29.3 Å². The summed E-state index contributed by atoms with van der Waals surface area (Å²) in [6, 6.07) is 8.57. The van der Waals surface area contributed by atoms with Gasteiger partial charge in [-0.05, 0) is 49.4 Å². The van der Waals surface area contributed by atoms with Gasteiger partial charge in [0.1, 0.15) is 0 Å². The average molecular weight is 272 g/mol. The third-order valence-corrected chi connectivity index (χ3v) is 5.25. The lowest BCUT2D eigenvalue weighted by atomic mass is 9.86. The van der Waals surface area contributed by atoms with Gasteiger partial charge in [-0.2, -0.15) is 0 Å². The molecule has 2 aliphatic rings. The number of hydrogen-bond acceptors (Lipinski definition) is 2. The topological polar surface area (TPSA) is 6.48 Å². The van der Waals surface area contributed by atoms with Crippen LogP contribution in [0.15, 0.2) is 18.2 Å². The predicted octanol–water partition coefficient (Wildman–Crippen LogP) is 3.58. The quantitative estimate of drug-likeness (QED) is 0.771. The van der Waals surface area contributed by atoms with E-state index < -0.39 is 0 Å². The Morgan fingerprint density at radius 2 is 1.65 bits per heavy atom. The molecule has 0 amide bonds. The van der Waals surface area contributed by atoms with Gasteiger partial charge in [-0.25, -0.2) is 0 Å². The molecule has 20 heavy (non-hydrogen) atoms. The zero-order valence-corrected chi connectivity index (χ0v) is 13.6. The van der Waals surface area contributed by atoms with Crippen LogP contribution in [0, 0.1) is 6.92 Å². The van der Waals surface area contributed by atoms with Gasteiger partial charge < -0.3 is 4.90 Å². The van der Waals surface area contributed by atoms with Crippen molar-refractivity contribution in [2.24, 2.45) is 0 Å². The van der Waals surface area contributed by atoms with E-state index in [1.54, 1.807) is 0 Å². The van der Waals surface area contributed by atoms with Gasteiger partial charge in [0, 0.05) is 30.9 Å². The fourth-order valence-electron chi connectivity index (χ4n) is 3.79. The fraction of sp³-hybridized carbons (Fsp3) is 0.667. The molecule has 0 N–H and O–H groups in total. The van der Waals surface area contributed by atoms with Crippen LogP contribution in [0.2, 0.25) is 0 Å². The minimum atomic E-state index is 0.241. The molecule has 2 bridgehead atoms. The van der Waals surface area contributed by atoms with Crippen molar-refractivity contribution in [2.75, 3.05) is 25.0 Å². The first-order valence-corrected chi connectivity index (χ1v) is 7.94. The number of aryl methyl sites for hydroxylation is 1. The summed E-state index contributed by atoms with van der Waals surface area (Å²) in [4.78, 5) is 5.21. The van der Waals surface area contributed by atoms with Crippen LogP contribution in [0.25, 0.3) is 0 Å². The van der Waals surface area contributed by atoms with E-state index in [0.29, 0.717) is 0 Å². The number of piperazine rings is 1. The van der Waals surface area contributed by atoms with E-state index in [0.717, 1.165) is 12.1 Å². The minimum Gasteiger partial charge on any atom is -0.368 e. The molecular weight excluding hydrogens is 244 g/mol. The lowest BCUT2D eigenvalue weighted by Crippen LogP contribution is -2.52. The Bertz CT molecular complexity index is 487. The molecule has 0 spiro atoms. The van der Waals surface area contributed by atoms with E-state index in [1.165, 1.54) is 42.7 Å². The molecule has 2 saturated heterocycles. The van der Waals surface area contributed by atoms with Gasteiger partial charge in [0.25, 0.3) is 0 Å². The summed E-state index contributed by atoms with van der Waals surface area (Å²) < 4.78 is 0. The summed E-state index contributed by atoms with van der Waals surface area (Å²) in [6.45, 7) is 11.5. The Morgan fingerprint density at radius 3 is 2.15 bits per heavy atom. The first-order chi connectivity index (χ1) is 9.36. The normalized spacial score (nSPS) is 27.1. The molecule has 2 heteroatoms. The van der Waals surface area contributed by atoms with E-state index in [-0.39, 0.29) is 5.41 Å². The second kappa shape index (κ2) is 4.77. The second-order valence-electron chi connectivity index (χ2n) is 7.71. The Morgan fingerprint density at radius 1 is 1.05 bits per heavy atom. The predicted molar refractivity (Wildman–Crippen MR) is 86.7 cm³/mol. The maximum atomic E-state index is 2.62. The summed E-state index contributed by atoms with van der Waals surface area (Å²) >= 11 is 0. The molecule has 2 aliphatic heterocycles. The van der Waals surface area contributed by atoms with Crippen molar-refractivity contribution in [1.29, 1.82) is 0 Å². The van der Waals surface area contributed by atoms with Crippen LogP contribution in [0.4, 0.5) is 5.69 Å². The van der Waals surface area contributed by atoms with Crippen molar-refractivity contribution in [3.8, 4) is 0 Å². The summed E-state index contributed by atoms with van der Waals surface area (Å²) in [6.07, 6.45) is 2.74. The van der Waals surface area contributed by atoms with Gasteiger partial charge in [-0.15, -0.1) is 0 Å². The highest BCUT2D eigenvalue weighted by Crippen LogP contribution is 2.34. The molecule has 3 rings (SSSR count). The molecule has 2 unspecified atom stereocenters. The van der Waals surface area contributed by atoms with Crippen molar-refractivity contribution in [2.45, 2.75) is 58.0 Å². The van der Waals surface area contributed by atoms with E-state index in [1.807, 2.05) is 0 Å². The molecule has 2 nitrogen and oxygen atoms in total. The van der Waals surface area contributed by atoms with Crippen LogP contribution in [0.3, 0.4) is 0 Å². The van der Waals surface area contributed by atoms with Crippen LogP contribution in [-0.2, 0) is 5.41 Å². The zero-order chi connectivity index (χ0) is 14.5. The average Bonchev–Trinajstić information content (AvgIpc) is 2.61. The maximum absolute atomic E-state index is 2.62. The van der Waals surface area contributed by atoms with Crippen molar-refractivity contribution >= 4 is 5.69 Å². The molecule has 0 aromatic heterocycles. The highest BCUT2D eigenvalue weighted by atomic mass is 15.3. The lowest BCUT2D eigenvalue weighted by Gasteiger charge is -2.41. The van der Waals surface area contributed by atoms with E-state index in [9.17, 15) is 0 Å². The van der Waals surface area contributed by atoms with Gasteiger partial charge in [0.05, 0.1) is 0 Å². The number of rotatable bonds is 1. The van der Waals surface area contributed by atoms with Crippen LogP contribution in [0.1, 0.15) is 44.7 Å². The molecule has 2 heterocycles. The highest BCUT2D eigenvalue weighted by Gasteiger charge is 2.37. The van der Waals surface area contributed by atoms with E-state index >= 15 is 0 Å². The number of nitrogens with zero attached hydrogens (tertiary/aromatic N) is 2. The number of hydrogen-bond donors (Lipinski definition) is 0. The minimum absolute atomic E-state index is 0.241. The highest BCUT2D eigenvalue weighted by molar-refractivity contribution is 5.56. The first kappa shape index (κ1) is 13.9. The van der Waals surface area contributed by atoms with Gasteiger partial charge in [-0.3, -0.25) is 4.90 Å². The summed E-state index contributed by atoms with van der Waals surface area (Å²) in [5.74, 6) is 0. The van der Waals surface area contributed by atoms with E-state index in [2.05, 4.69) is 62.7 Å². The van der Waals surface area contributed by atoms with Crippen LogP contribution < -0.4 is 4.90 Å². The second-order valence-corrected chi connectivity index (χ2v) is 7.71. The zero-order valence-electron chi connectivity index (χ0n) is 13.6. The number of anilines is 1. The maximum Gasteiger partial charge on any atom is 0.0397 e. The molecule has 0 saturated carbocycles. The largest absolute Gasteiger partial charge is 0.368 e. The lowest BCUT2D eigenvalue weighted by molar-refractivity contribution is 0.212. The number of benzene rings is 1. The summed E-state index contributed by atoms with van der Waals surface area (Å²) in [5, 5.41) is 0. The first-order valence-electron chi connectivity index (χ1n) is 7.94. The van der Waals surface area contributed by atoms with Crippen molar-refractivity contribution in [3.63, 3.8) is 0 Å². The Hall–Kier alpha value is -1.02. The molecule has 2 atom stereocenters. The Labute approximate surface area is 123 Å². The van der Waals surface area contributed by atoms with Gasteiger partial charge in [0.15, 0.2) is 0 Å². The Kier molecular flexibility index (Phi) is 3.32. The summed E-state index contributed by atoms with van der Waals surface area (Å²) in [5.41, 5.74) is 4.56. The molecule has 1 aromatic carbocycles. The van der Waals surface area contributed by atoms with Crippen molar-refractivity contribution < 1.29 is 0 Å². The van der Waals surface area contributed by atoms with Gasteiger partial charge >= 0.3 is 0 Å². The monoisotopic (exact) mass is 272 g/mol. The molecule has 0 radical (unpaired) electrons. The Balaban J connectivity index is 1.85. The van der Waals surface area contributed by atoms with Crippen molar-refractivity contribution in [1.82, 2.24) is 4.90 Å². The number of fused-ring (bicyclic) bond motifs is 2. The van der Waals surface area contributed by atoms with Gasteiger partial charge in [-0.1, -0.05) is 32.9 Å². The molecule has 2 fully saturated rings. The third-order valence-electron chi connectivity index (χ3n) is 5.25. The smallest absolute Gasteiger partial charge is 0.0397 e. The van der Waals surface area contributed by atoms with E-state index in [4.69, 9.17) is 0 Å². The van der Waals surface area contributed by atoms with Gasteiger partial charge in [0.2, 0.25) is 0 Å². The van der Waals surface area contributed by atoms with Crippen LogP contribution in [-0.4, -0.2) is 37.1 Å². The SMILES string of the molecule is Cc1cc(C(C)(C)C)ccc1N1CC2CCC(C1)N2C. The number of likely N-dealkylation sites (N-methyl/N-ethyl adjacent to an activating group) is 1. The van der Waals surface area contributed by atoms with Crippen LogP contribution >= 0.6 is 0 Å². The molecule has 1 aromatic rings. The summed E-state index contributed by atoms with van der Waals surface area (Å²) in [7, 11) is 2.30. The molecular formula is C18H28N2. The molecule has 110 valence electrons. The van der Waals surface area contributed by atoms with Crippen LogP contribution in [0.5, 0.6) is 0 Å². The standard InChI is InChI=1S/C18H28N2/c1-13-10-14(18(2,3)4)6-9-17(13)20-11-15-7-8-16(12-20)19(15)5/h6,9-10,15-16H,7-8,11-12H2,1-5H3. The fourth-order valence-corrected chi connectivity index (χ4v) is 3.79. The third kappa shape index (κ3) is 2.35. The molecule has 0 aliphatic carbocycles.